The summed E-state index contributed by atoms with van der Waals surface area (Å²) in [6, 6.07) is 0. The second-order valence-corrected chi connectivity index (χ2v) is 8.38. The molecule has 7 heteroatoms. The number of hydrogen-bond acceptors (Lipinski definition) is 5. The maximum atomic E-state index is 5.81. The molecule has 0 spiro atoms. The highest BCUT2D eigenvalue weighted by atomic mass is 16.4. The maximum absolute atomic E-state index is 5.81. The lowest BCUT2D eigenvalue weighted by Gasteiger charge is -2.34. The first-order chi connectivity index (χ1) is 12.3. The second-order valence-electron chi connectivity index (χ2n) is 8.38. The van der Waals surface area contributed by atoms with E-state index in [9.17, 15) is 0 Å². The Bertz CT molecular complexity index is 569. The van der Waals surface area contributed by atoms with Gasteiger partial charge in [-0.2, -0.15) is 0 Å². The fraction of sp³-hybridized carbons (Fsp3) is 0.789. The zero-order valence-electron chi connectivity index (χ0n) is 17.3. The lowest BCUT2D eigenvalue weighted by atomic mass is 9.94. The van der Waals surface area contributed by atoms with Gasteiger partial charge in [0.15, 0.2) is 5.96 Å². The van der Waals surface area contributed by atoms with Crippen LogP contribution in [0.15, 0.2) is 15.6 Å². The molecule has 2 rings (SSSR count). The van der Waals surface area contributed by atoms with Gasteiger partial charge in [-0.3, -0.25) is 4.99 Å². The van der Waals surface area contributed by atoms with Crippen LogP contribution in [0.25, 0.3) is 0 Å². The molecule has 0 bridgehead atoms. The summed E-state index contributed by atoms with van der Waals surface area (Å²) in [7, 11) is 3.98. The minimum Gasteiger partial charge on any atom is -0.443 e. The topological polar surface area (TPSA) is 68.9 Å². The largest absolute Gasteiger partial charge is 0.443 e. The zero-order chi connectivity index (χ0) is 19.2. The summed E-state index contributed by atoms with van der Waals surface area (Å²) in [5.41, 5.74) is -0.0239. The lowest BCUT2D eigenvalue weighted by molar-refractivity contribution is 0.139. The Morgan fingerprint density at radius 1 is 1.27 bits per heavy atom. The predicted octanol–water partition coefficient (Wildman–Crippen LogP) is 1.52. The highest BCUT2D eigenvalue weighted by Gasteiger charge is 2.19. The van der Waals surface area contributed by atoms with E-state index in [-0.39, 0.29) is 5.41 Å². The smallest absolute Gasteiger partial charge is 0.213 e. The van der Waals surface area contributed by atoms with E-state index in [4.69, 9.17) is 4.42 Å². The summed E-state index contributed by atoms with van der Waals surface area (Å²) in [6.45, 7) is 15.8. The summed E-state index contributed by atoms with van der Waals surface area (Å²) in [6.07, 6.45) is 1.81. The molecule has 0 saturated carbocycles. The molecule has 7 nitrogen and oxygen atoms in total. The van der Waals surface area contributed by atoms with Gasteiger partial charge >= 0.3 is 0 Å². The molecule has 2 heterocycles. The summed E-state index contributed by atoms with van der Waals surface area (Å²) < 4.78 is 5.81. The highest BCUT2D eigenvalue weighted by molar-refractivity contribution is 5.79. The van der Waals surface area contributed by atoms with Gasteiger partial charge in [0.1, 0.15) is 5.76 Å². The second kappa shape index (κ2) is 9.37. The third-order valence-corrected chi connectivity index (χ3v) is 4.71. The van der Waals surface area contributed by atoms with Crippen molar-refractivity contribution in [3.8, 4) is 0 Å². The fourth-order valence-electron chi connectivity index (χ4n) is 2.93. The molecule has 0 aromatic carbocycles. The molecule has 1 atom stereocenters. The maximum Gasteiger partial charge on any atom is 0.213 e. The van der Waals surface area contributed by atoms with Gasteiger partial charge in [-0.25, -0.2) is 4.98 Å². The standard InChI is InChI=1S/C19H36N6O/c1-15(14-25-9-7-24(6)8-10-25)11-22-18(20-5)23-13-17-21-12-16(26-17)19(2,3)4/h12,15H,7-11,13-14H2,1-6H3,(H2,20,22,23). The van der Waals surface area contributed by atoms with E-state index in [1.807, 2.05) is 6.20 Å². The summed E-state index contributed by atoms with van der Waals surface area (Å²) in [4.78, 5) is 13.6. The minimum atomic E-state index is -0.0239. The van der Waals surface area contributed by atoms with E-state index in [1.54, 1.807) is 7.05 Å². The number of rotatable bonds is 6. The number of nitrogens with zero attached hydrogens (tertiary/aromatic N) is 4. The van der Waals surface area contributed by atoms with Crippen LogP contribution in [-0.4, -0.2) is 74.1 Å². The molecule has 1 aliphatic heterocycles. The normalized spacial score (nSPS) is 18.8. The number of piperazine rings is 1. The van der Waals surface area contributed by atoms with Crippen LogP contribution in [0.1, 0.15) is 39.3 Å². The number of hydrogen-bond donors (Lipinski definition) is 2. The highest BCUT2D eigenvalue weighted by Crippen LogP contribution is 2.22. The van der Waals surface area contributed by atoms with Crippen molar-refractivity contribution in [2.24, 2.45) is 10.9 Å². The number of guanidine groups is 1. The summed E-state index contributed by atoms with van der Waals surface area (Å²) in [5, 5.41) is 6.68. The predicted molar refractivity (Wildman–Crippen MR) is 107 cm³/mol. The Balaban J connectivity index is 1.71. The Morgan fingerprint density at radius 3 is 2.54 bits per heavy atom. The zero-order valence-corrected chi connectivity index (χ0v) is 17.3. The van der Waals surface area contributed by atoms with Gasteiger partial charge in [0.2, 0.25) is 5.89 Å². The molecular weight excluding hydrogens is 328 g/mol. The van der Waals surface area contributed by atoms with E-state index in [0.717, 1.165) is 51.0 Å². The Labute approximate surface area is 158 Å². The monoisotopic (exact) mass is 364 g/mol. The molecule has 1 aromatic heterocycles. The van der Waals surface area contributed by atoms with E-state index in [2.05, 4.69) is 65.2 Å². The molecule has 148 valence electrons. The van der Waals surface area contributed by atoms with Crippen LogP contribution in [-0.2, 0) is 12.0 Å². The van der Waals surface area contributed by atoms with E-state index in [0.29, 0.717) is 18.4 Å². The third-order valence-electron chi connectivity index (χ3n) is 4.71. The van der Waals surface area contributed by atoms with Crippen molar-refractivity contribution in [3.05, 3.63) is 17.8 Å². The molecule has 1 aliphatic rings. The molecule has 0 radical (unpaired) electrons. The van der Waals surface area contributed by atoms with Crippen LogP contribution >= 0.6 is 0 Å². The van der Waals surface area contributed by atoms with Crippen LogP contribution in [0.4, 0.5) is 0 Å². The Hall–Kier alpha value is -1.60. The van der Waals surface area contributed by atoms with E-state index >= 15 is 0 Å². The number of oxazole rings is 1. The number of nitrogens with one attached hydrogen (secondary N) is 2. The number of aromatic nitrogens is 1. The van der Waals surface area contributed by atoms with Crippen molar-refractivity contribution in [1.29, 1.82) is 0 Å². The van der Waals surface area contributed by atoms with Crippen LogP contribution < -0.4 is 10.6 Å². The van der Waals surface area contributed by atoms with Crippen molar-refractivity contribution >= 4 is 5.96 Å². The van der Waals surface area contributed by atoms with Crippen molar-refractivity contribution in [3.63, 3.8) is 0 Å². The molecule has 0 amide bonds. The summed E-state index contributed by atoms with van der Waals surface area (Å²) >= 11 is 0. The first-order valence-electron chi connectivity index (χ1n) is 9.58. The van der Waals surface area contributed by atoms with Gasteiger partial charge < -0.3 is 24.9 Å². The van der Waals surface area contributed by atoms with E-state index < -0.39 is 0 Å². The first kappa shape index (κ1) is 20.7. The van der Waals surface area contributed by atoms with E-state index in [1.165, 1.54) is 0 Å². The van der Waals surface area contributed by atoms with Crippen molar-refractivity contribution in [2.75, 3.05) is 53.4 Å². The summed E-state index contributed by atoms with van der Waals surface area (Å²) in [5.74, 6) is 2.93. The molecule has 0 aliphatic carbocycles. The lowest BCUT2D eigenvalue weighted by Crippen LogP contribution is -2.47. The molecule has 26 heavy (non-hydrogen) atoms. The quantitative estimate of drug-likeness (QED) is 0.589. The van der Waals surface area contributed by atoms with Gasteiger partial charge in [-0.15, -0.1) is 0 Å². The van der Waals surface area contributed by atoms with Crippen molar-refractivity contribution in [1.82, 2.24) is 25.4 Å². The number of aliphatic imine (C=N–C) groups is 1. The van der Waals surface area contributed by atoms with Gasteiger partial charge in [0, 0.05) is 51.7 Å². The molecule has 1 fully saturated rings. The average molecular weight is 365 g/mol. The van der Waals surface area contributed by atoms with Gasteiger partial charge in [0.25, 0.3) is 0 Å². The van der Waals surface area contributed by atoms with Crippen LogP contribution in [0.5, 0.6) is 0 Å². The molecule has 1 unspecified atom stereocenters. The SMILES string of the molecule is CN=C(NCc1ncc(C(C)(C)C)o1)NCC(C)CN1CCN(C)CC1. The minimum absolute atomic E-state index is 0.0239. The first-order valence-corrected chi connectivity index (χ1v) is 9.58. The Morgan fingerprint density at radius 2 is 1.96 bits per heavy atom. The van der Waals surface area contributed by atoms with Gasteiger partial charge in [-0.05, 0) is 13.0 Å². The Kier molecular flexibility index (Phi) is 7.46. The number of likely N-dealkylation sites (N-methyl/N-ethyl adjacent to an activating group) is 1. The van der Waals surface area contributed by atoms with Crippen molar-refractivity contribution in [2.45, 2.75) is 39.7 Å². The van der Waals surface area contributed by atoms with Crippen molar-refractivity contribution < 1.29 is 4.42 Å². The molecule has 1 saturated heterocycles. The third kappa shape index (κ3) is 6.61. The van der Waals surface area contributed by atoms with Gasteiger partial charge in [-0.1, -0.05) is 27.7 Å². The fourth-order valence-corrected chi connectivity index (χ4v) is 2.93. The average Bonchev–Trinajstić information content (AvgIpc) is 3.06. The molecular formula is C19H36N6O. The molecule has 2 N–H and O–H groups in total. The van der Waals surface area contributed by atoms with Gasteiger partial charge in [0.05, 0.1) is 12.7 Å². The van der Waals surface area contributed by atoms with Crippen LogP contribution in [0.2, 0.25) is 0 Å². The van der Waals surface area contributed by atoms with Crippen LogP contribution in [0, 0.1) is 5.92 Å². The molecule has 1 aromatic rings. The van der Waals surface area contributed by atoms with Crippen LogP contribution in [0.3, 0.4) is 0 Å².